The van der Waals surface area contributed by atoms with Gasteiger partial charge in [-0.2, -0.15) is 0 Å². The summed E-state index contributed by atoms with van der Waals surface area (Å²) in [6.45, 7) is 7.54. The maximum Gasteiger partial charge on any atom is 0.221 e. The molecule has 2 aromatic rings. The molecule has 156 valence electrons. The minimum atomic E-state index is -0.00253. The number of rotatable bonds is 6. The van der Waals surface area contributed by atoms with E-state index in [-0.39, 0.29) is 11.9 Å². The predicted octanol–water partition coefficient (Wildman–Crippen LogP) is 4.41. The van der Waals surface area contributed by atoms with Gasteiger partial charge in [0.25, 0.3) is 0 Å². The number of hydrogen-bond donors (Lipinski definition) is 1. The van der Waals surface area contributed by atoms with Crippen LogP contribution in [0.3, 0.4) is 0 Å². The van der Waals surface area contributed by atoms with Gasteiger partial charge in [0, 0.05) is 30.5 Å². The Hall–Kier alpha value is -1.89. The summed E-state index contributed by atoms with van der Waals surface area (Å²) in [7, 11) is 0. The number of carbonyl (C=O) groups is 1. The quantitative estimate of drug-likeness (QED) is 0.761. The molecule has 1 aliphatic heterocycles. The molecular weight excluding hydrogens is 384 g/mol. The van der Waals surface area contributed by atoms with Crippen LogP contribution >= 0.6 is 11.3 Å². The molecule has 1 saturated heterocycles. The number of fused-ring (bicyclic) bond motifs is 1. The van der Waals surface area contributed by atoms with Crippen molar-refractivity contribution >= 4 is 22.2 Å². The van der Waals surface area contributed by atoms with Crippen molar-refractivity contribution in [3.05, 3.63) is 45.8 Å². The number of thiophene rings is 1. The van der Waals surface area contributed by atoms with E-state index < -0.39 is 0 Å². The van der Waals surface area contributed by atoms with E-state index in [4.69, 9.17) is 9.47 Å². The highest BCUT2D eigenvalue weighted by atomic mass is 32.1. The SMILES string of the molecule is CCOc1ccc([C@@H](c2c(NC(C)=O)sc3c2CCCC3)N2CCOCC2)cc1. The molecular formula is C23H30N2O3S. The zero-order valence-electron chi connectivity index (χ0n) is 17.3. The van der Waals surface area contributed by atoms with Crippen molar-refractivity contribution in [2.75, 3.05) is 38.2 Å². The first-order chi connectivity index (χ1) is 14.2. The summed E-state index contributed by atoms with van der Waals surface area (Å²) in [6, 6.07) is 8.59. The lowest BCUT2D eigenvalue weighted by atomic mass is 9.88. The summed E-state index contributed by atoms with van der Waals surface area (Å²) in [5.74, 6) is 0.892. The maximum atomic E-state index is 12.0. The van der Waals surface area contributed by atoms with E-state index in [2.05, 4.69) is 34.5 Å². The number of hydrogen-bond acceptors (Lipinski definition) is 5. The molecule has 29 heavy (non-hydrogen) atoms. The van der Waals surface area contributed by atoms with Gasteiger partial charge in [-0.25, -0.2) is 0 Å². The number of carbonyl (C=O) groups excluding carboxylic acids is 1. The van der Waals surface area contributed by atoms with Crippen molar-refractivity contribution in [3.63, 3.8) is 0 Å². The second kappa shape index (κ2) is 9.28. The molecule has 0 radical (unpaired) electrons. The van der Waals surface area contributed by atoms with Crippen molar-refractivity contribution in [1.82, 2.24) is 4.90 Å². The average Bonchev–Trinajstić information content (AvgIpc) is 3.08. The summed E-state index contributed by atoms with van der Waals surface area (Å²) < 4.78 is 11.3. The Labute approximate surface area is 177 Å². The Morgan fingerprint density at radius 2 is 1.93 bits per heavy atom. The third-order valence-electron chi connectivity index (χ3n) is 5.69. The fraction of sp³-hybridized carbons (Fsp3) is 0.522. The Morgan fingerprint density at radius 1 is 1.21 bits per heavy atom. The molecule has 0 unspecified atom stereocenters. The van der Waals surface area contributed by atoms with Crippen LogP contribution in [0.1, 0.15) is 54.3 Å². The molecule has 1 fully saturated rings. The minimum absolute atomic E-state index is 0.00253. The average molecular weight is 415 g/mol. The van der Waals surface area contributed by atoms with Crippen molar-refractivity contribution in [1.29, 1.82) is 0 Å². The molecule has 0 spiro atoms. The summed E-state index contributed by atoms with van der Waals surface area (Å²) in [4.78, 5) is 15.9. The summed E-state index contributed by atoms with van der Waals surface area (Å²) in [5.41, 5.74) is 3.99. The lowest BCUT2D eigenvalue weighted by Crippen LogP contribution is -2.40. The zero-order valence-corrected chi connectivity index (χ0v) is 18.1. The molecule has 1 aliphatic carbocycles. The van der Waals surface area contributed by atoms with Crippen LogP contribution in [0.5, 0.6) is 5.75 Å². The van der Waals surface area contributed by atoms with Crippen LogP contribution in [-0.2, 0) is 22.4 Å². The second-order valence-corrected chi connectivity index (χ2v) is 8.79. The molecule has 2 heterocycles. The minimum Gasteiger partial charge on any atom is -0.494 e. The van der Waals surface area contributed by atoms with Crippen molar-refractivity contribution < 1.29 is 14.3 Å². The van der Waals surface area contributed by atoms with Crippen LogP contribution in [-0.4, -0.2) is 43.7 Å². The molecule has 1 N–H and O–H groups in total. The van der Waals surface area contributed by atoms with E-state index in [0.717, 1.165) is 49.9 Å². The molecule has 1 atom stereocenters. The molecule has 0 saturated carbocycles. The Bertz CT molecular complexity index is 841. The predicted molar refractivity (Wildman–Crippen MR) is 117 cm³/mol. The van der Waals surface area contributed by atoms with E-state index in [1.54, 1.807) is 18.3 Å². The smallest absolute Gasteiger partial charge is 0.221 e. The van der Waals surface area contributed by atoms with E-state index >= 15 is 0 Å². The van der Waals surface area contributed by atoms with Gasteiger partial charge in [-0.05, 0) is 55.9 Å². The largest absolute Gasteiger partial charge is 0.494 e. The highest BCUT2D eigenvalue weighted by Gasteiger charge is 2.32. The van der Waals surface area contributed by atoms with Gasteiger partial charge in [0.2, 0.25) is 5.91 Å². The number of ether oxygens (including phenoxy) is 2. The van der Waals surface area contributed by atoms with Gasteiger partial charge in [0.1, 0.15) is 10.8 Å². The highest BCUT2D eigenvalue weighted by Crippen LogP contribution is 2.45. The number of nitrogens with one attached hydrogen (secondary N) is 1. The number of aryl methyl sites for hydroxylation is 1. The number of benzene rings is 1. The van der Waals surface area contributed by atoms with Crippen LogP contribution in [0.25, 0.3) is 0 Å². The number of amides is 1. The van der Waals surface area contributed by atoms with Crippen LogP contribution in [0.2, 0.25) is 0 Å². The third-order valence-corrected chi connectivity index (χ3v) is 6.92. The summed E-state index contributed by atoms with van der Waals surface area (Å²) >= 11 is 1.77. The van der Waals surface area contributed by atoms with Crippen molar-refractivity contribution in [2.24, 2.45) is 0 Å². The van der Waals surface area contributed by atoms with Crippen molar-refractivity contribution in [3.8, 4) is 5.75 Å². The van der Waals surface area contributed by atoms with Gasteiger partial charge < -0.3 is 14.8 Å². The van der Waals surface area contributed by atoms with E-state index in [9.17, 15) is 4.79 Å². The zero-order chi connectivity index (χ0) is 20.2. The topological polar surface area (TPSA) is 50.8 Å². The monoisotopic (exact) mass is 414 g/mol. The standard InChI is InChI=1S/C23H30N2O3S/c1-3-28-18-10-8-17(9-11-18)22(25-12-14-27-15-13-25)21-19-6-4-5-7-20(19)29-23(21)24-16(2)26/h8-11,22H,3-7,12-15H2,1-2H3,(H,24,26)/t22-/m0/s1. The van der Waals surface area contributed by atoms with Crippen LogP contribution in [0.15, 0.2) is 24.3 Å². The molecule has 1 aromatic heterocycles. The number of morpholine rings is 1. The molecule has 6 heteroatoms. The molecule has 5 nitrogen and oxygen atoms in total. The Kier molecular flexibility index (Phi) is 6.53. The summed E-state index contributed by atoms with van der Waals surface area (Å²) in [6.07, 6.45) is 4.66. The number of anilines is 1. The van der Waals surface area contributed by atoms with Crippen molar-refractivity contribution in [2.45, 2.75) is 45.6 Å². The fourth-order valence-electron chi connectivity index (χ4n) is 4.44. The number of nitrogens with zero attached hydrogens (tertiary/aromatic N) is 1. The molecule has 4 rings (SSSR count). The lowest BCUT2D eigenvalue weighted by Gasteiger charge is -2.36. The van der Waals surface area contributed by atoms with Gasteiger partial charge >= 0.3 is 0 Å². The molecule has 1 aromatic carbocycles. The van der Waals surface area contributed by atoms with Gasteiger partial charge in [-0.3, -0.25) is 9.69 Å². The molecule has 0 bridgehead atoms. The van der Waals surface area contributed by atoms with E-state index in [0.29, 0.717) is 6.61 Å². The first-order valence-corrected chi connectivity index (χ1v) is 11.5. The van der Waals surface area contributed by atoms with Gasteiger partial charge in [-0.15, -0.1) is 11.3 Å². The van der Waals surface area contributed by atoms with Crippen LogP contribution in [0, 0.1) is 0 Å². The van der Waals surface area contributed by atoms with Crippen LogP contribution < -0.4 is 10.1 Å². The Morgan fingerprint density at radius 3 is 2.62 bits per heavy atom. The van der Waals surface area contributed by atoms with Gasteiger partial charge in [0.05, 0.1) is 25.9 Å². The first kappa shape index (κ1) is 20.4. The maximum absolute atomic E-state index is 12.0. The highest BCUT2D eigenvalue weighted by molar-refractivity contribution is 7.16. The normalized spacial score (nSPS) is 18.1. The van der Waals surface area contributed by atoms with Crippen LogP contribution in [0.4, 0.5) is 5.00 Å². The van der Waals surface area contributed by atoms with Gasteiger partial charge in [-0.1, -0.05) is 12.1 Å². The fourth-order valence-corrected chi connectivity index (χ4v) is 5.81. The van der Waals surface area contributed by atoms with E-state index in [1.165, 1.54) is 34.4 Å². The first-order valence-electron chi connectivity index (χ1n) is 10.6. The van der Waals surface area contributed by atoms with Gasteiger partial charge in [0.15, 0.2) is 0 Å². The Balaban J connectivity index is 1.80. The molecule has 2 aliphatic rings. The third kappa shape index (κ3) is 4.49. The molecule has 1 amide bonds. The lowest BCUT2D eigenvalue weighted by molar-refractivity contribution is -0.114. The van der Waals surface area contributed by atoms with E-state index in [1.807, 2.05) is 6.92 Å². The second-order valence-electron chi connectivity index (χ2n) is 7.69. The summed E-state index contributed by atoms with van der Waals surface area (Å²) in [5, 5.41) is 4.17.